The van der Waals surface area contributed by atoms with Crippen LogP contribution in [0.15, 0.2) is 36.5 Å². The van der Waals surface area contributed by atoms with Crippen LogP contribution in [-0.2, 0) is 0 Å². The summed E-state index contributed by atoms with van der Waals surface area (Å²) < 4.78 is 12.9. The Labute approximate surface area is 120 Å². The van der Waals surface area contributed by atoms with Crippen molar-refractivity contribution in [3.05, 3.63) is 48.0 Å². The molecule has 0 spiro atoms. The van der Waals surface area contributed by atoms with Crippen molar-refractivity contribution < 1.29 is 4.39 Å². The molecule has 21 heavy (non-hydrogen) atoms. The molecule has 0 unspecified atom stereocenters. The normalized spacial score (nSPS) is 10.6. The predicted octanol–water partition coefficient (Wildman–Crippen LogP) is 2.64. The van der Waals surface area contributed by atoms with Gasteiger partial charge in [0, 0.05) is 17.3 Å². The van der Waals surface area contributed by atoms with Crippen LogP contribution in [-0.4, -0.2) is 20.2 Å². The van der Waals surface area contributed by atoms with Gasteiger partial charge >= 0.3 is 0 Å². The highest BCUT2D eigenvalue weighted by molar-refractivity contribution is 5.71. The van der Waals surface area contributed by atoms with E-state index in [0.717, 1.165) is 5.69 Å². The minimum Gasteiger partial charge on any atom is -0.382 e. The molecule has 0 fully saturated rings. The van der Waals surface area contributed by atoms with Gasteiger partial charge in [0.1, 0.15) is 11.5 Å². The molecule has 0 saturated carbocycles. The van der Waals surface area contributed by atoms with Crippen LogP contribution in [0.3, 0.4) is 0 Å². The van der Waals surface area contributed by atoms with E-state index in [1.54, 1.807) is 18.3 Å². The topological polar surface area (TPSA) is 92.5 Å². The highest BCUT2D eigenvalue weighted by Gasteiger charge is 2.08. The third-order valence-electron chi connectivity index (χ3n) is 2.88. The fourth-order valence-electron chi connectivity index (χ4n) is 1.91. The first-order valence-corrected chi connectivity index (χ1v) is 6.29. The zero-order valence-electron chi connectivity index (χ0n) is 11.3. The minimum absolute atomic E-state index is 0.263. The molecule has 106 valence electrons. The minimum atomic E-state index is -0.308. The maximum absolute atomic E-state index is 12.9. The number of nitrogen functional groups attached to an aromatic ring is 1. The molecule has 0 amide bonds. The largest absolute Gasteiger partial charge is 0.382 e. The SMILES string of the molecule is Cc1cc(Nc2cnc(-c3ccc(F)cc3)c(N)n2)n[nH]1. The molecule has 3 aromatic rings. The Morgan fingerprint density at radius 3 is 2.57 bits per heavy atom. The fourth-order valence-corrected chi connectivity index (χ4v) is 1.91. The molecule has 7 heteroatoms. The number of halogens is 1. The van der Waals surface area contributed by atoms with E-state index in [0.29, 0.717) is 22.9 Å². The Hall–Kier alpha value is -2.96. The highest BCUT2D eigenvalue weighted by atomic mass is 19.1. The van der Waals surface area contributed by atoms with Crippen LogP contribution in [0, 0.1) is 12.7 Å². The Kier molecular flexibility index (Phi) is 3.23. The molecule has 0 bridgehead atoms. The van der Waals surface area contributed by atoms with Crippen molar-refractivity contribution in [1.82, 2.24) is 20.2 Å². The van der Waals surface area contributed by atoms with Crippen molar-refractivity contribution in [1.29, 1.82) is 0 Å². The van der Waals surface area contributed by atoms with Crippen LogP contribution in [0.1, 0.15) is 5.69 Å². The number of H-pyrrole nitrogens is 1. The molecule has 2 heterocycles. The van der Waals surface area contributed by atoms with E-state index < -0.39 is 0 Å². The average molecular weight is 284 g/mol. The molecular weight excluding hydrogens is 271 g/mol. The molecule has 6 nitrogen and oxygen atoms in total. The van der Waals surface area contributed by atoms with Crippen LogP contribution in [0.2, 0.25) is 0 Å². The predicted molar refractivity (Wildman–Crippen MR) is 78.4 cm³/mol. The van der Waals surface area contributed by atoms with E-state index in [2.05, 4.69) is 25.5 Å². The van der Waals surface area contributed by atoms with Gasteiger partial charge in [-0.25, -0.2) is 14.4 Å². The van der Waals surface area contributed by atoms with E-state index >= 15 is 0 Å². The lowest BCUT2D eigenvalue weighted by Crippen LogP contribution is -2.02. The molecule has 1 aromatic carbocycles. The molecular formula is C14H13FN6. The summed E-state index contributed by atoms with van der Waals surface area (Å²) in [6, 6.07) is 7.77. The zero-order valence-corrected chi connectivity index (χ0v) is 11.3. The average Bonchev–Trinajstić information content (AvgIpc) is 2.86. The van der Waals surface area contributed by atoms with Gasteiger partial charge in [-0.3, -0.25) is 5.10 Å². The van der Waals surface area contributed by atoms with Gasteiger partial charge in [0.25, 0.3) is 0 Å². The van der Waals surface area contributed by atoms with Crippen LogP contribution in [0.25, 0.3) is 11.3 Å². The van der Waals surface area contributed by atoms with Gasteiger partial charge in [0.2, 0.25) is 0 Å². The summed E-state index contributed by atoms with van der Waals surface area (Å²) in [6.07, 6.45) is 1.55. The standard InChI is InChI=1S/C14H13FN6/c1-8-6-11(21-20-8)18-12-7-17-13(14(16)19-12)9-2-4-10(15)5-3-9/h2-7H,1H3,(H4,16,18,19,20,21). The first kappa shape index (κ1) is 13.0. The molecule has 0 atom stereocenters. The molecule has 2 aromatic heterocycles. The van der Waals surface area contributed by atoms with E-state index in [4.69, 9.17) is 5.73 Å². The summed E-state index contributed by atoms with van der Waals surface area (Å²) in [4.78, 5) is 8.50. The van der Waals surface area contributed by atoms with E-state index in [1.165, 1.54) is 12.1 Å². The number of benzene rings is 1. The summed E-state index contributed by atoms with van der Waals surface area (Å²) in [5, 5.41) is 9.86. The fraction of sp³-hybridized carbons (Fsp3) is 0.0714. The number of hydrogen-bond acceptors (Lipinski definition) is 5. The maximum atomic E-state index is 12.9. The summed E-state index contributed by atoms with van der Waals surface area (Å²) in [7, 11) is 0. The number of nitrogens with two attached hydrogens (primary N) is 1. The summed E-state index contributed by atoms with van der Waals surface area (Å²) in [6.45, 7) is 1.90. The molecule has 0 aliphatic heterocycles. The highest BCUT2D eigenvalue weighted by Crippen LogP contribution is 2.24. The van der Waals surface area contributed by atoms with Gasteiger partial charge < -0.3 is 11.1 Å². The van der Waals surface area contributed by atoms with Gasteiger partial charge in [0.05, 0.1) is 6.20 Å². The van der Waals surface area contributed by atoms with E-state index in [9.17, 15) is 4.39 Å². The van der Waals surface area contributed by atoms with E-state index in [-0.39, 0.29) is 11.6 Å². The molecule has 0 aliphatic rings. The smallest absolute Gasteiger partial charge is 0.153 e. The Morgan fingerprint density at radius 2 is 1.95 bits per heavy atom. The maximum Gasteiger partial charge on any atom is 0.153 e. The third kappa shape index (κ3) is 2.81. The summed E-state index contributed by atoms with van der Waals surface area (Å²) in [5.41, 5.74) is 8.07. The lowest BCUT2D eigenvalue weighted by Gasteiger charge is -2.07. The van der Waals surface area contributed by atoms with Crippen molar-refractivity contribution in [3.8, 4) is 11.3 Å². The van der Waals surface area contributed by atoms with Crippen LogP contribution < -0.4 is 11.1 Å². The van der Waals surface area contributed by atoms with E-state index in [1.807, 2.05) is 13.0 Å². The first-order chi connectivity index (χ1) is 10.1. The van der Waals surface area contributed by atoms with Gasteiger partial charge in [-0.05, 0) is 31.2 Å². The first-order valence-electron chi connectivity index (χ1n) is 6.29. The number of hydrogen-bond donors (Lipinski definition) is 3. The van der Waals surface area contributed by atoms with Crippen LogP contribution >= 0.6 is 0 Å². The van der Waals surface area contributed by atoms with Crippen molar-refractivity contribution in [2.45, 2.75) is 6.92 Å². The van der Waals surface area contributed by atoms with Crippen molar-refractivity contribution in [3.63, 3.8) is 0 Å². The van der Waals surface area contributed by atoms with Gasteiger partial charge in [-0.15, -0.1) is 0 Å². The van der Waals surface area contributed by atoms with Crippen LogP contribution in [0.5, 0.6) is 0 Å². The van der Waals surface area contributed by atoms with Gasteiger partial charge in [-0.1, -0.05) is 0 Å². The number of nitrogens with one attached hydrogen (secondary N) is 2. The molecule has 0 aliphatic carbocycles. The Morgan fingerprint density at radius 1 is 1.19 bits per heavy atom. The molecule has 4 N–H and O–H groups in total. The lowest BCUT2D eigenvalue weighted by molar-refractivity contribution is 0.628. The van der Waals surface area contributed by atoms with Crippen LogP contribution in [0.4, 0.5) is 21.8 Å². The third-order valence-corrected chi connectivity index (χ3v) is 2.88. The second-order valence-electron chi connectivity index (χ2n) is 4.56. The number of rotatable bonds is 3. The quantitative estimate of drug-likeness (QED) is 0.687. The van der Waals surface area contributed by atoms with Crippen molar-refractivity contribution in [2.75, 3.05) is 11.1 Å². The number of nitrogens with zero attached hydrogens (tertiary/aromatic N) is 3. The monoisotopic (exact) mass is 284 g/mol. The number of anilines is 3. The Balaban J connectivity index is 1.87. The van der Waals surface area contributed by atoms with Crippen molar-refractivity contribution in [2.24, 2.45) is 0 Å². The Bertz CT molecular complexity index is 765. The second kappa shape index (κ2) is 5.20. The number of aromatic amines is 1. The zero-order chi connectivity index (χ0) is 14.8. The molecule has 0 saturated heterocycles. The number of aryl methyl sites for hydroxylation is 1. The molecule has 0 radical (unpaired) electrons. The lowest BCUT2D eigenvalue weighted by atomic mass is 10.1. The summed E-state index contributed by atoms with van der Waals surface area (Å²) >= 11 is 0. The van der Waals surface area contributed by atoms with Crippen molar-refractivity contribution >= 4 is 17.5 Å². The number of aromatic nitrogens is 4. The van der Waals surface area contributed by atoms with Gasteiger partial charge in [-0.2, -0.15) is 5.10 Å². The molecule has 3 rings (SSSR count). The van der Waals surface area contributed by atoms with Gasteiger partial charge in [0.15, 0.2) is 17.5 Å². The summed E-state index contributed by atoms with van der Waals surface area (Å²) in [5.74, 6) is 1.08. The second-order valence-corrected chi connectivity index (χ2v) is 4.56.